The van der Waals surface area contributed by atoms with Gasteiger partial charge in [0.25, 0.3) is 0 Å². The first-order valence-electron chi connectivity index (χ1n) is 6.75. The van der Waals surface area contributed by atoms with Crippen molar-refractivity contribution in [1.29, 1.82) is 0 Å². The maximum absolute atomic E-state index is 11.8. The summed E-state index contributed by atoms with van der Waals surface area (Å²) in [6.45, 7) is 5.10. The summed E-state index contributed by atoms with van der Waals surface area (Å²) in [7, 11) is 0. The normalized spacial score (nSPS) is 12.1. The highest BCUT2D eigenvalue weighted by Crippen LogP contribution is 2.22. The average molecular weight is 288 g/mol. The largest absolute Gasteiger partial charge is 0.351 e. The molecule has 0 aliphatic carbocycles. The molecule has 1 heterocycles. The third kappa shape index (κ3) is 4.18. The molecule has 0 saturated carbocycles. The summed E-state index contributed by atoms with van der Waals surface area (Å²) < 4.78 is 0. The predicted octanol–water partition coefficient (Wildman–Crippen LogP) is 3.02. The molecule has 0 saturated heterocycles. The fourth-order valence-corrected chi connectivity index (χ4v) is 2.99. The van der Waals surface area contributed by atoms with Gasteiger partial charge in [-0.3, -0.25) is 4.79 Å². The molecule has 1 aromatic carbocycles. The van der Waals surface area contributed by atoms with Crippen LogP contribution in [-0.2, 0) is 11.3 Å². The number of nitrogens with one attached hydrogen (secondary N) is 2. The lowest BCUT2D eigenvalue weighted by molar-refractivity contribution is -0.120. The van der Waals surface area contributed by atoms with Crippen molar-refractivity contribution in [3.05, 3.63) is 57.8 Å². The van der Waals surface area contributed by atoms with Crippen LogP contribution in [0.15, 0.2) is 41.8 Å². The van der Waals surface area contributed by atoms with Gasteiger partial charge in [0.05, 0.1) is 6.54 Å². The van der Waals surface area contributed by atoms with Crippen molar-refractivity contribution in [2.75, 3.05) is 6.54 Å². The van der Waals surface area contributed by atoms with Crippen molar-refractivity contribution >= 4 is 17.2 Å². The Morgan fingerprint density at radius 1 is 1.25 bits per heavy atom. The Hall–Kier alpha value is -1.65. The number of carbonyl (C=O) groups excluding carboxylic acids is 1. The first kappa shape index (κ1) is 14.8. The first-order valence-corrected chi connectivity index (χ1v) is 7.63. The molecular formula is C16H20N2OS. The van der Waals surface area contributed by atoms with Gasteiger partial charge < -0.3 is 10.6 Å². The zero-order valence-corrected chi connectivity index (χ0v) is 12.7. The molecule has 0 aliphatic heterocycles. The van der Waals surface area contributed by atoms with Crippen LogP contribution < -0.4 is 10.6 Å². The van der Waals surface area contributed by atoms with E-state index in [1.165, 1.54) is 10.4 Å². The summed E-state index contributed by atoms with van der Waals surface area (Å²) in [5, 5.41) is 8.26. The Morgan fingerprint density at radius 3 is 2.65 bits per heavy atom. The van der Waals surface area contributed by atoms with Gasteiger partial charge in [-0.25, -0.2) is 0 Å². The number of hydrogen-bond acceptors (Lipinski definition) is 3. The molecule has 4 heteroatoms. The van der Waals surface area contributed by atoms with Gasteiger partial charge in [0.15, 0.2) is 0 Å². The van der Waals surface area contributed by atoms with Crippen LogP contribution in [0.4, 0.5) is 0 Å². The van der Waals surface area contributed by atoms with E-state index in [9.17, 15) is 4.79 Å². The van der Waals surface area contributed by atoms with Crippen molar-refractivity contribution in [3.8, 4) is 0 Å². The highest BCUT2D eigenvalue weighted by Gasteiger charge is 2.10. The molecule has 106 valence electrons. The summed E-state index contributed by atoms with van der Waals surface area (Å²) in [5.41, 5.74) is 2.39. The Bertz CT molecular complexity index is 551. The van der Waals surface area contributed by atoms with Gasteiger partial charge in [-0.1, -0.05) is 30.3 Å². The number of carbonyl (C=O) groups is 1. The third-order valence-electron chi connectivity index (χ3n) is 3.20. The second-order valence-electron chi connectivity index (χ2n) is 4.83. The lowest BCUT2D eigenvalue weighted by atomic mass is 10.2. The van der Waals surface area contributed by atoms with E-state index in [1.807, 2.05) is 30.3 Å². The Kier molecular flexibility index (Phi) is 5.32. The maximum atomic E-state index is 11.8. The number of hydrogen-bond donors (Lipinski definition) is 2. The summed E-state index contributed by atoms with van der Waals surface area (Å²) in [6, 6.07) is 12.2. The molecule has 0 spiro atoms. The molecule has 2 aromatic rings. The fraction of sp³-hybridized carbons (Fsp3) is 0.312. The lowest BCUT2D eigenvalue weighted by Gasteiger charge is -2.13. The van der Waals surface area contributed by atoms with Crippen molar-refractivity contribution in [1.82, 2.24) is 10.6 Å². The minimum absolute atomic E-state index is 0.0231. The molecule has 0 fully saturated rings. The molecule has 1 amide bonds. The van der Waals surface area contributed by atoms with Gasteiger partial charge in [-0.15, -0.1) is 11.3 Å². The third-order valence-corrected chi connectivity index (χ3v) is 4.40. The topological polar surface area (TPSA) is 41.1 Å². The van der Waals surface area contributed by atoms with Gasteiger partial charge in [0.2, 0.25) is 5.91 Å². The molecule has 1 unspecified atom stereocenters. The Balaban J connectivity index is 1.74. The van der Waals surface area contributed by atoms with E-state index in [2.05, 4.69) is 35.9 Å². The van der Waals surface area contributed by atoms with Crippen LogP contribution in [0.25, 0.3) is 0 Å². The van der Waals surface area contributed by atoms with Crippen LogP contribution >= 0.6 is 11.3 Å². The molecule has 0 bridgehead atoms. The van der Waals surface area contributed by atoms with Gasteiger partial charge in [0.1, 0.15) is 0 Å². The maximum Gasteiger partial charge on any atom is 0.234 e. The van der Waals surface area contributed by atoms with Gasteiger partial charge in [-0.2, -0.15) is 0 Å². The zero-order chi connectivity index (χ0) is 14.4. The first-order chi connectivity index (χ1) is 9.66. The molecule has 2 N–H and O–H groups in total. The Labute approximate surface area is 124 Å². The van der Waals surface area contributed by atoms with E-state index in [-0.39, 0.29) is 11.9 Å². The molecule has 20 heavy (non-hydrogen) atoms. The number of amides is 1. The number of rotatable bonds is 6. The monoisotopic (exact) mass is 288 g/mol. The summed E-state index contributed by atoms with van der Waals surface area (Å²) in [4.78, 5) is 13.1. The van der Waals surface area contributed by atoms with Crippen LogP contribution in [0.3, 0.4) is 0 Å². The predicted molar refractivity (Wildman–Crippen MR) is 83.8 cm³/mol. The quantitative estimate of drug-likeness (QED) is 0.858. The van der Waals surface area contributed by atoms with E-state index >= 15 is 0 Å². The SMILES string of the molecule is Cc1ccsc1C(C)NCC(=O)NCc1ccccc1. The highest BCUT2D eigenvalue weighted by molar-refractivity contribution is 7.10. The molecule has 3 nitrogen and oxygen atoms in total. The van der Waals surface area contributed by atoms with Crippen molar-refractivity contribution in [2.45, 2.75) is 26.4 Å². The van der Waals surface area contributed by atoms with E-state index in [4.69, 9.17) is 0 Å². The number of aryl methyl sites for hydroxylation is 1. The second kappa shape index (κ2) is 7.22. The standard InChI is InChI=1S/C16H20N2OS/c1-12-8-9-20-16(12)13(2)17-11-15(19)18-10-14-6-4-3-5-7-14/h3-9,13,17H,10-11H2,1-2H3,(H,18,19). The van der Waals surface area contributed by atoms with Crippen molar-refractivity contribution in [3.63, 3.8) is 0 Å². The molecule has 0 aliphatic rings. The molecule has 2 rings (SSSR count). The van der Waals surface area contributed by atoms with Gasteiger partial charge >= 0.3 is 0 Å². The van der Waals surface area contributed by atoms with Crippen LogP contribution in [0.1, 0.15) is 29.0 Å². The van der Waals surface area contributed by atoms with E-state index in [0.717, 1.165) is 5.56 Å². The van der Waals surface area contributed by atoms with Crippen LogP contribution in [0.5, 0.6) is 0 Å². The summed E-state index contributed by atoms with van der Waals surface area (Å²) in [6.07, 6.45) is 0. The molecule has 1 atom stereocenters. The van der Waals surface area contributed by atoms with Crippen LogP contribution in [0, 0.1) is 6.92 Å². The Morgan fingerprint density at radius 2 is 2.00 bits per heavy atom. The lowest BCUT2D eigenvalue weighted by Crippen LogP contribution is -2.34. The van der Waals surface area contributed by atoms with Crippen LogP contribution in [0.2, 0.25) is 0 Å². The molecule has 1 aromatic heterocycles. The van der Waals surface area contributed by atoms with Gasteiger partial charge in [-0.05, 0) is 36.4 Å². The van der Waals surface area contributed by atoms with Crippen LogP contribution in [-0.4, -0.2) is 12.5 Å². The zero-order valence-electron chi connectivity index (χ0n) is 11.8. The highest BCUT2D eigenvalue weighted by atomic mass is 32.1. The van der Waals surface area contributed by atoms with Crippen molar-refractivity contribution in [2.24, 2.45) is 0 Å². The molecule has 0 radical (unpaired) electrons. The average Bonchev–Trinajstić information content (AvgIpc) is 2.90. The van der Waals surface area contributed by atoms with E-state index in [1.54, 1.807) is 11.3 Å². The number of benzene rings is 1. The summed E-state index contributed by atoms with van der Waals surface area (Å²) in [5.74, 6) is 0.0231. The molecular weight excluding hydrogens is 268 g/mol. The summed E-state index contributed by atoms with van der Waals surface area (Å²) >= 11 is 1.73. The minimum Gasteiger partial charge on any atom is -0.351 e. The fourth-order valence-electron chi connectivity index (χ4n) is 2.03. The number of thiophene rings is 1. The van der Waals surface area contributed by atoms with Crippen molar-refractivity contribution < 1.29 is 4.79 Å². The smallest absolute Gasteiger partial charge is 0.234 e. The second-order valence-corrected chi connectivity index (χ2v) is 5.78. The minimum atomic E-state index is 0.0231. The van der Waals surface area contributed by atoms with Gasteiger partial charge in [0, 0.05) is 17.5 Å². The van der Waals surface area contributed by atoms with E-state index < -0.39 is 0 Å². The van der Waals surface area contributed by atoms with E-state index in [0.29, 0.717) is 13.1 Å².